The van der Waals surface area contributed by atoms with E-state index in [2.05, 4.69) is 0 Å². The fourth-order valence-corrected chi connectivity index (χ4v) is 3.28. The molecule has 1 N–H and O–H groups in total. The number of aliphatic carboxylic acids is 1. The van der Waals surface area contributed by atoms with Gasteiger partial charge in [0.1, 0.15) is 5.75 Å². The molecule has 0 aromatic heterocycles. The van der Waals surface area contributed by atoms with Gasteiger partial charge in [-0.2, -0.15) is 0 Å². The van der Waals surface area contributed by atoms with Gasteiger partial charge in [0.2, 0.25) is 0 Å². The third-order valence-corrected chi connectivity index (χ3v) is 4.58. The molecule has 5 nitrogen and oxygen atoms in total. The summed E-state index contributed by atoms with van der Waals surface area (Å²) in [6, 6.07) is 18.6. The number of carbonyl (C=O) groups excluding carboxylic acids is 1. The molecule has 0 spiro atoms. The summed E-state index contributed by atoms with van der Waals surface area (Å²) < 4.78 is 5.69. The second kappa shape index (κ2) is 7.38. The van der Waals surface area contributed by atoms with Gasteiger partial charge in [-0.25, -0.2) is 0 Å². The zero-order chi connectivity index (χ0) is 17.8. The minimum absolute atomic E-state index is 0.187. The number of rotatable bonds is 5. The zero-order valence-electron chi connectivity index (χ0n) is 14.0. The third-order valence-electron chi connectivity index (χ3n) is 4.58. The molecule has 1 fully saturated rings. The molecule has 0 saturated carbocycles. The average molecular weight is 339 g/mol. The van der Waals surface area contributed by atoms with Crippen LogP contribution in [0.25, 0.3) is 0 Å². The number of para-hydroxylation sites is 1. The van der Waals surface area contributed by atoms with Gasteiger partial charge in [-0.3, -0.25) is 9.59 Å². The van der Waals surface area contributed by atoms with Gasteiger partial charge in [-0.1, -0.05) is 48.5 Å². The number of likely N-dealkylation sites (tertiary alicyclic amines) is 1. The monoisotopic (exact) mass is 339 g/mol. The summed E-state index contributed by atoms with van der Waals surface area (Å²) in [5.74, 6) is -1.24. The molecule has 1 aliphatic heterocycles. The Morgan fingerprint density at radius 3 is 2.24 bits per heavy atom. The van der Waals surface area contributed by atoms with E-state index in [0.29, 0.717) is 12.3 Å². The SMILES string of the molecule is CC(Oc1ccccc1)C(=O)N1C[C@H](C(=O)O)[C@H](c2ccccc2)C1. The van der Waals surface area contributed by atoms with Crippen LogP contribution < -0.4 is 4.74 Å². The summed E-state index contributed by atoms with van der Waals surface area (Å²) in [4.78, 5) is 25.9. The van der Waals surface area contributed by atoms with E-state index in [9.17, 15) is 14.7 Å². The number of carboxylic acids is 1. The summed E-state index contributed by atoms with van der Waals surface area (Å²) in [5, 5.41) is 9.55. The number of amides is 1. The predicted molar refractivity (Wildman–Crippen MR) is 93.4 cm³/mol. The molecule has 1 aliphatic rings. The van der Waals surface area contributed by atoms with Gasteiger partial charge < -0.3 is 14.7 Å². The van der Waals surface area contributed by atoms with Gasteiger partial charge in [0.05, 0.1) is 5.92 Å². The van der Waals surface area contributed by atoms with Crippen LogP contribution in [0.4, 0.5) is 0 Å². The van der Waals surface area contributed by atoms with Crippen LogP contribution in [-0.4, -0.2) is 41.1 Å². The molecule has 1 amide bonds. The number of hydrogen-bond acceptors (Lipinski definition) is 3. The Hall–Kier alpha value is -2.82. The summed E-state index contributed by atoms with van der Waals surface area (Å²) in [6.07, 6.45) is -0.661. The fraction of sp³-hybridized carbons (Fsp3) is 0.300. The Labute approximate surface area is 146 Å². The van der Waals surface area contributed by atoms with E-state index in [1.807, 2.05) is 48.5 Å². The lowest BCUT2D eigenvalue weighted by atomic mass is 9.89. The highest BCUT2D eigenvalue weighted by Gasteiger charge is 2.41. The number of nitrogens with zero attached hydrogens (tertiary/aromatic N) is 1. The lowest BCUT2D eigenvalue weighted by Gasteiger charge is -2.21. The molecular formula is C20H21NO4. The van der Waals surface area contributed by atoms with Crippen LogP contribution in [0.15, 0.2) is 60.7 Å². The molecule has 0 bridgehead atoms. The Morgan fingerprint density at radius 1 is 1.04 bits per heavy atom. The largest absolute Gasteiger partial charge is 0.481 e. The first kappa shape index (κ1) is 17.0. The van der Waals surface area contributed by atoms with Crippen molar-refractivity contribution in [2.75, 3.05) is 13.1 Å². The fourth-order valence-electron chi connectivity index (χ4n) is 3.28. The second-order valence-corrected chi connectivity index (χ2v) is 6.28. The van der Waals surface area contributed by atoms with Crippen molar-refractivity contribution in [3.05, 3.63) is 66.2 Å². The van der Waals surface area contributed by atoms with Crippen molar-refractivity contribution >= 4 is 11.9 Å². The van der Waals surface area contributed by atoms with Crippen molar-refractivity contribution < 1.29 is 19.4 Å². The van der Waals surface area contributed by atoms with Gasteiger partial charge in [0.25, 0.3) is 5.91 Å². The topological polar surface area (TPSA) is 66.8 Å². The minimum atomic E-state index is -0.874. The van der Waals surface area contributed by atoms with Crippen molar-refractivity contribution in [3.8, 4) is 5.75 Å². The first-order valence-corrected chi connectivity index (χ1v) is 8.34. The predicted octanol–water partition coefficient (Wildman–Crippen LogP) is 2.78. The summed E-state index contributed by atoms with van der Waals surface area (Å²) in [7, 11) is 0. The standard InChI is InChI=1S/C20H21NO4/c1-14(25-16-10-6-3-7-11-16)19(22)21-12-17(18(13-21)20(23)24)15-8-4-2-5-9-15/h2-11,14,17-18H,12-13H2,1H3,(H,23,24)/t14?,17-,18-/m0/s1. The Morgan fingerprint density at radius 2 is 1.64 bits per heavy atom. The van der Waals surface area contributed by atoms with E-state index in [1.165, 1.54) is 0 Å². The van der Waals surface area contributed by atoms with Gasteiger partial charge in [-0.05, 0) is 24.6 Å². The summed E-state index contributed by atoms with van der Waals surface area (Å²) in [5.41, 5.74) is 0.946. The molecule has 3 rings (SSSR count). The van der Waals surface area contributed by atoms with E-state index >= 15 is 0 Å². The van der Waals surface area contributed by atoms with Crippen molar-refractivity contribution in [1.82, 2.24) is 4.90 Å². The number of hydrogen-bond donors (Lipinski definition) is 1. The highest BCUT2D eigenvalue weighted by Crippen LogP contribution is 2.33. The molecule has 0 aliphatic carbocycles. The van der Waals surface area contributed by atoms with Crippen LogP contribution in [0.1, 0.15) is 18.4 Å². The molecule has 1 unspecified atom stereocenters. The van der Waals surface area contributed by atoms with E-state index < -0.39 is 18.0 Å². The molecule has 25 heavy (non-hydrogen) atoms. The van der Waals surface area contributed by atoms with Crippen LogP contribution in [-0.2, 0) is 9.59 Å². The first-order chi connectivity index (χ1) is 12.1. The Balaban J connectivity index is 1.72. The smallest absolute Gasteiger partial charge is 0.308 e. The normalized spacial score (nSPS) is 20.9. The molecule has 1 saturated heterocycles. The number of benzene rings is 2. The number of ether oxygens (including phenoxy) is 1. The highest BCUT2D eigenvalue weighted by atomic mass is 16.5. The van der Waals surface area contributed by atoms with Crippen molar-refractivity contribution in [2.45, 2.75) is 18.9 Å². The zero-order valence-corrected chi connectivity index (χ0v) is 14.0. The molecule has 0 radical (unpaired) electrons. The number of carbonyl (C=O) groups is 2. The molecule has 3 atom stereocenters. The van der Waals surface area contributed by atoms with Crippen LogP contribution in [0.2, 0.25) is 0 Å². The van der Waals surface area contributed by atoms with Crippen LogP contribution >= 0.6 is 0 Å². The third kappa shape index (κ3) is 3.82. The average Bonchev–Trinajstić information content (AvgIpc) is 3.08. The molecule has 130 valence electrons. The molecule has 2 aromatic carbocycles. The highest BCUT2D eigenvalue weighted by molar-refractivity contribution is 5.83. The summed E-state index contributed by atoms with van der Waals surface area (Å²) >= 11 is 0. The quantitative estimate of drug-likeness (QED) is 0.910. The summed E-state index contributed by atoms with van der Waals surface area (Å²) in [6.45, 7) is 2.29. The van der Waals surface area contributed by atoms with Crippen LogP contribution in [0.3, 0.4) is 0 Å². The van der Waals surface area contributed by atoms with Crippen molar-refractivity contribution in [3.63, 3.8) is 0 Å². The molecule has 1 heterocycles. The van der Waals surface area contributed by atoms with E-state index in [0.717, 1.165) is 5.56 Å². The maximum Gasteiger partial charge on any atom is 0.308 e. The van der Waals surface area contributed by atoms with Gasteiger partial charge in [-0.15, -0.1) is 0 Å². The number of carboxylic acid groups (broad SMARTS) is 1. The molecule has 5 heteroatoms. The van der Waals surface area contributed by atoms with E-state index in [4.69, 9.17) is 4.74 Å². The van der Waals surface area contributed by atoms with Crippen molar-refractivity contribution in [2.24, 2.45) is 5.92 Å². The van der Waals surface area contributed by atoms with Crippen LogP contribution in [0, 0.1) is 5.92 Å². The molecular weight excluding hydrogens is 318 g/mol. The lowest BCUT2D eigenvalue weighted by Crippen LogP contribution is -2.39. The van der Waals surface area contributed by atoms with Crippen LogP contribution in [0.5, 0.6) is 5.75 Å². The van der Waals surface area contributed by atoms with E-state index in [-0.39, 0.29) is 18.4 Å². The molecule has 2 aromatic rings. The van der Waals surface area contributed by atoms with Crippen molar-refractivity contribution in [1.29, 1.82) is 0 Å². The van der Waals surface area contributed by atoms with Gasteiger partial charge >= 0.3 is 5.97 Å². The van der Waals surface area contributed by atoms with E-state index in [1.54, 1.807) is 24.0 Å². The second-order valence-electron chi connectivity index (χ2n) is 6.28. The Bertz CT molecular complexity index is 732. The minimum Gasteiger partial charge on any atom is -0.481 e. The van der Waals surface area contributed by atoms with Gasteiger partial charge in [0.15, 0.2) is 6.10 Å². The lowest BCUT2D eigenvalue weighted by molar-refractivity contribution is -0.142. The maximum atomic E-state index is 12.7. The van der Waals surface area contributed by atoms with Gasteiger partial charge in [0, 0.05) is 19.0 Å². The maximum absolute atomic E-state index is 12.7. The first-order valence-electron chi connectivity index (χ1n) is 8.34. The Kier molecular flexibility index (Phi) is 5.03.